The van der Waals surface area contributed by atoms with E-state index in [0.29, 0.717) is 21.9 Å². The van der Waals surface area contributed by atoms with Gasteiger partial charge in [-0.25, -0.2) is 4.79 Å². The van der Waals surface area contributed by atoms with E-state index < -0.39 is 5.97 Å². The van der Waals surface area contributed by atoms with Gasteiger partial charge in [0.2, 0.25) is 0 Å². The number of nitriles is 1. The predicted molar refractivity (Wildman–Crippen MR) is 101 cm³/mol. The van der Waals surface area contributed by atoms with E-state index in [-0.39, 0.29) is 0 Å². The van der Waals surface area contributed by atoms with E-state index >= 15 is 0 Å². The van der Waals surface area contributed by atoms with Crippen LogP contribution in [0, 0.1) is 11.3 Å². The third-order valence-electron chi connectivity index (χ3n) is 3.55. The maximum Gasteiger partial charge on any atom is 0.343 e. The molecule has 4 nitrogen and oxygen atoms in total. The molecule has 26 heavy (non-hydrogen) atoms. The molecule has 5 heteroatoms. The fourth-order valence-corrected chi connectivity index (χ4v) is 2.51. The van der Waals surface area contributed by atoms with Crippen molar-refractivity contribution in [2.24, 2.45) is 0 Å². The molecule has 0 N–H and O–H groups in total. The molecule has 0 amide bonds. The van der Waals surface area contributed by atoms with Crippen molar-refractivity contribution in [3.8, 4) is 11.8 Å². The second-order valence-corrected chi connectivity index (χ2v) is 5.81. The summed E-state index contributed by atoms with van der Waals surface area (Å²) in [5.74, 6) is -0.0761. The quantitative estimate of drug-likeness (QED) is 0.283. The number of carbonyl (C=O) groups is 1. The topological polar surface area (TPSA) is 63.0 Å². The minimum atomic E-state index is -0.469. The van der Waals surface area contributed by atoms with E-state index in [1.54, 1.807) is 54.6 Å². The van der Waals surface area contributed by atoms with Gasteiger partial charge in [0.25, 0.3) is 0 Å². The predicted octanol–water partition coefficient (Wildman–Crippen LogP) is 5.02. The molecule has 3 rings (SSSR count). The maximum atomic E-state index is 12.1. The summed E-state index contributed by atoms with van der Waals surface area (Å²) in [4.78, 5) is 16.0. The van der Waals surface area contributed by atoms with E-state index in [1.165, 1.54) is 12.4 Å². The molecule has 3 aromatic rings. The van der Waals surface area contributed by atoms with Gasteiger partial charge < -0.3 is 4.74 Å². The lowest BCUT2D eigenvalue weighted by molar-refractivity contribution is 0.0734. The van der Waals surface area contributed by atoms with Gasteiger partial charge in [0.05, 0.1) is 17.2 Å². The third-order valence-corrected chi connectivity index (χ3v) is 3.79. The van der Waals surface area contributed by atoms with Crippen molar-refractivity contribution in [3.63, 3.8) is 0 Å². The van der Waals surface area contributed by atoms with Gasteiger partial charge in [-0.05, 0) is 53.6 Å². The average Bonchev–Trinajstić information content (AvgIpc) is 2.67. The number of carbonyl (C=O) groups excluding carboxylic acids is 1. The van der Waals surface area contributed by atoms with Crippen molar-refractivity contribution in [2.45, 2.75) is 0 Å². The lowest BCUT2D eigenvalue weighted by atomic mass is 10.0. The van der Waals surface area contributed by atoms with Crippen LogP contribution in [0.3, 0.4) is 0 Å². The van der Waals surface area contributed by atoms with Crippen molar-refractivity contribution in [1.29, 1.82) is 5.26 Å². The highest BCUT2D eigenvalue weighted by atomic mass is 35.5. The molecule has 0 fully saturated rings. The Morgan fingerprint density at radius 2 is 1.81 bits per heavy atom. The van der Waals surface area contributed by atoms with Gasteiger partial charge in [0.15, 0.2) is 0 Å². The van der Waals surface area contributed by atoms with Crippen LogP contribution in [0.1, 0.15) is 21.5 Å². The third kappa shape index (κ3) is 4.35. The maximum absolute atomic E-state index is 12.1. The molecule has 0 unspecified atom stereocenters. The Morgan fingerprint density at radius 1 is 1.04 bits per heavy atom. The number of hydrogen-bond donors (Lipinski definition) is 0. The number of benzene rings is 2. The van der Waals surface area contributed by atoms with Gasteiger partial charge in [-0.3, -0.25) is 4.98 Å². The number of ether oxygens (including phenoxy) is 1. The number of pyridine rings is 1. The van der Waals surface area contributed by atoms with Gasteiger partial charge in [-0.1, -0.05) is 35.9 Å². The minimum absolute atomic E-state index is 0.393. The summed E-state index contributed by atoms with van der Waals surface area (Å²) in [6.07, 6.45) is 4.77. The first-order valence-electron chi connectivity index (χ1n) is 7.76. The van der Waals surface area contributed by atoms with Crippen LogP contribution in [-0.4, -0.2) is 11.0 Å². The lowest BCUT2D eigenvalue weighted by Gasteiger charge is -2.05. The van der Waals surface area contributed by atoms with Crippen molar-refractivity contribution in [3.05, 3.63) is 94.8 Å². The normalized spacial score (nSPS) is 10.8. The van der Waals surface area contributed by atoms with E-state index in [9.17, 15) is 10.1 Å². The Balaban J connectivity index is 1.85. The summed E-state index contributed by atoms with van der Waals surface area (Å²) in [5, 5.41) is 10.0. The highest BCUT2D eigenvalue weighted by Gasteiger charge is 2.08. The molecule has 0 bridgehead atoms. The summed E-state index contributed by atoms with van der Waals surface area (Å²) in [5.41, 5.74) is 2.34. The van der Waals surface area contributed by atoms with Crippen LogP contribution < -0.4 is 4.74 Å². The zero-order valence-corrected chi connectivity index (χ0v) is 14.4. The van der Waals surface area contributed by atoms with Crippen LogP contribution in [0.4, 0.5) is 0 Å². The number of halogens is 1. The first kappa shape index (κ1) is 17.4. The van der Waals surface area contributed by atoms with Gasteiger partial charge in [-0.15, -0.1) is 0 Å². The van der Waals surface area contributed by atoms with Crippen LogP contribution in [0.5, 0.6) is 5.75 Å². The zero-order chi connectivity index (χ0) is 18.4. The number of rotatable bonds is 4. The number of allylic oxidation sites excluding steroid dienone is 1. The Kier molecular flexibility index (Phi) is 5.43. The number of aromatic nitrogens is 1. The van der Waals surface area contributed by atoms with Crippen LogP contribution >= 0.6 is 11.6 Å². The van der Waals surface area contributed by atoms with Crippen LogP contribution in [0.2, 0.25) is 5.02 Å². The fourth-order valence-electron chi connectivity index (χ4n) is 2.32. The van der Waals surface area contributed by atoms with Crippen LogP contribution in [-0.2, 0) is 0 Å². The molecule has 2 aromatic carbocycles. The molecule has 0 saturated carbocycles. The molecule has 0 aliphatic carbocycles. The summed E-state index contributed by atoms with van der Waals surface area (Å²) < 4.78 is 5.38. The zero-order valence-electron chi connectivity index (χ0n) is 13.6. The first-order valence-corrected chi connectivity index (χ1v) is 8.13. The second kappa shape index (κ2) is 8.11. The summed E-state index contributed by atoms with van der Waals surface area (Å²) in [6, 6.07) is 19.4. The molecule has 126 valence electrons. The van der Waals surface area contributed by atoms with Gasteiger partial charge in [0.1, 0.15) is 5.75 Å². The van der Waals surface area contributed by atoms with Gasteiger partial charge in [0, 0.05) is 17.4 Å². The average molecular weight is 361 g/mol. The molecular weight excluding hydrogens is 348 g/mol. The molecule has 0 atom stereocenters. The Bertz CT molecular complexity index is 1010. The van der Waals surface area contributed by atoms with E-state index in [1.807, 2.05) is 12.1 Å². The molecule has 0 aliphatic rings. The highest BCUT2D eigenvalue weighted by molar-refractivity contribution is 6.30. The van der Waals surface area contributed by atoms with E-state index in [2.05, 4.69) is 11.1 Å². The standard InChI is InChI=1S/C21H13ClN2O2/c22-19-5-2-4-17(13-19)18(14-23)11-15-3-1-6-20(12-15)26-21(25)16-7-9-24-10-8-16/h1-13H/b18-11-. The monoisotopic (exact) mass is 360 g/mol. The lowest BCUT2D eigenvalue weighted by Crippen LogP contribution is -2.08. The largest absolute Gasteiger partial charge is 0.423 e. The summed E-state index contributed by atoms with van der Waals surface area (Å²) in [6.45, 7) is 0. The summed E-state index contributed by atoms with van der Waals surface area (Å²) >= 11 is 5.99. The van der Waals surface area contributed by atoms with Crippen molar-refractivity contribution < 1.29 is 9.53 Å². The molecule has 1 aromatic heterocycles. The van der Waals surface area contributed by atoms with Crippen molar-refractivity contribution >= 4 is 29.2 Å². The fraction of sp³-hybridized carbons (Fsp3) is 0. The Morgan fingerprint density at radius 3 is 2.54 bits per heavy atom. The van der Waals surface area contributed by atoms with Crippen LogP contribution in [0.15, 0.2) is 73.1 Å². The van der Waals surface area contributed by atoms with Crippen molar-refractivity contribution in [2.75, 3.05) is 0 Å². The molecule has 0 saturated heterocycles. The SMILES string of the molecule is N#C/C(=C/c1cccc(OC(=O)c2ccncc2)c1)c1cccc(Cl)c1. The number of nitrogens with zero attached hydrogens (tertiary/aromatic N) is 2. The molecule has 1 heterocycles. The molecule has 0 radical (unpaired) electrons. The van der Waals surface area contributed by atoms with Crippen molar-refractivity contribution in [1.82, 2.24) is 4.98 Å². The number of esters is 1. The number of hydrogen-bond acceptors (Lipinski definition) is 4. The smallest absolute Gasteiger partial charge is 0.343 e. The first-order chi connectivity index (χ1) is 12.7. The second-order valence-electron chi connectivity index (χ2n) is 5.38. The molecular formula is C21H13ClN2O2. The Hall–Kier alpha value is -3.42. The minimum Gasteiger partial charge on any atom is -0.423 e. The summed E-state index contributed by atoms with van der Waals surface area (Å²) in [7, 11) is 0. The molecule has 0 aliphatic heterocycles. The van der Waals surface area contributed by atoms with Crippen LogP contribution in [0.25, 0.3) is 11.6 Å². The molecule has 0 spiro atoms. The van der Waals surface area contributed by atoms with Gasteiger partial charge in [-0.2, -0.15) is 5.26 Å². The Labute approximate surface area is 156 Å². The van der Waals surface area contributed by atoms with E-state index in [4.69, 9.17) is 16.3 Å². The van der Waals surface area contributed by atoms with Gasteiger partial charge >= 0.3 is 5.97 Å². The highest BCUT2D eigenvalue weighted by Crippen LogP contribution is 2.23. The van der Waals surface area contributed by atoms with E-state index in [0.717, 1.165) is 11.1 Å².